The van der Waals surface area contributed by atoms with Gasteiger partial charge in [0.1, 0.15) is 0 Å². The Morgan fingerprint density at radius 3 is 2.77 bits per heavy atom. The number of nitrogens with one attached hydrogen (secondary N) is 1. The van der Waals surface area contributed by atoms with Gasteiger partial charge < -0.3 is 14.8 Å². The molecule has 0 bridgehead atoms. The molecule has 2 N–H and O–H groups in total. The summed E-state index contributed by atoms with van der Waals surface area (Å²) in [5, 5.41) is 25.6. The lowest BCUT2D eigenvalue weighted by Gasteiger charge is -2.25. The Morgan fingerprint density at radius 2 is 2.08 bits per heavy atom. The van der Waals surface area contributed by atoms with Crippen molar-refractivity contribution in [1.82, 2.24) is 34.8 Å². The van der Waals surface area contributed by atoms with Crippen molar-refractivity contribution < 1.29 is 14.3 Å². The fourth-order valence-electron chi connectivity index (χ4n) is 5.02. The molecule has 1 aromatic carbocycles. The van der Waals surface area contributed by atoms with E-state index in [0.29, 0.717) is 24.9 Å². The molecule has 40 heavy (non-hydrogen) atoms. The standard InChI is InChI=1S/C29H36N8O3/c1-18(38)15-37-11-9-19-12-20(24-8-10-30-28(33-24)32-22-14-31-36(5)17-22)6-7-23(19)21(16-37)13-25(39)26-34-35-27(40-26)29(2,3)4/h6-8,10,12,14,17-18,21,38H,9,11,13,15-16H2,1-5H3,(H,30,32,33)/t18-,21?/m0/s1. The average Bonchev–Trinajstić information content (AvgIpc) is 3.52. The van der Waals surface area contributed by atoms with Gasteiger partial charge in [0.2, 0.25) is 17.6 Å². The number of carbonyl (C=O) groups excluding carboxylic acids is 1. The molecular formula is C29H36N8O3. The number of ketones is 1. The minimum atomic E-state index is -0.467. The SMILES string of the molecule is C[C@H](O)CN1CCc2cc(-c3ccnc(Nc4cnn(C)c4)n3)ccc2C(CC(=O)c2nnc(C(C)(C)C)o2)C1. The molecule has 1 aliphatic rings. The van der Waals surface area contributed by atoms with Crippen molar-refractivity contribution in [3.05, 3.63) is 65.8 Å². The molecule has 4 aromatic rings. The monoisotopic (exact) mass is 544 g/mol. The molecule has 5 rings (SSSR count). The third kappa shape index (κ3) is 6.43. The predicted molar refractivity (Wildman–Crippen MR) is 150 cm³/mol. The van der Waals surface area contributed by atoms with Gasteiger partial charge >= 0.3 is 0 Å². The lowest BCUT2D eigenvalue weighted by atomic mass is 9.88. The Morgan fingerprint density at radius 1 is 1.25 bits per heavy atom. The van der Waals surface area contributed by atoms with Crippen LogP contribution < -0.4 is 5.32 Å². The van der Waals surface area contributed by atoms with Crippen molar-refractivity contribution in [2.45, 2.75) is 58.0 Å². The highest BCUT2D eigenvalue weighted by molar-refractivity contribution is 5.92. The molecule has 2 atom stereocenters. The summed E-state index contributed by atoms with van der Waals surface area (Å²) in [4.78, 5) is 24.6. The van der Waals surface area contributed by atoms with Crippen molar-refractivity contribution in [1.29, 1.82) is 0 Å². The minimum absolute atomic E-state index is 0.0454. The van der Waals surface area contributed by atoms with E-state index in [1.807, 2.05) is 46.1 Å². The molecule has 0 saturated heterocycles. The van der Waals surface area contributed by atoms with Gasteiger partial charge in [0, 0.05) is 62.4 Å². The summed E-state index contributed by atoms with van der Waals surface area (Å²) in [6.45, 7) is 9.66. The predicted octanol–water partition coefficient (Wildman–Crippen LogP) is 3.90. The van der Waals surface area contributed by atoms with E-state index in [1.54, 1.807) is 24.0 Å². The normalized spacial score (nSPS) is 16.8. The van der Waals surface area contributed by atoms with Gasteiger partial charge in [-0.15, -0.1) is 10.2 Å². The third-order valence-corrected chi connectivity index (χ3v) is 6.93. The van der Waals surface area contributed by atoms with Gasteiger partial charge in [-0.2, -0.15) is 5.10 Å². The molecule has 0 saturated carbocycles. The van der Waals surface area contributed by atoms with E-state index in [2.05, 4.69) is 42.6 Å². The van der Waals surface area contributed by atoms with Crippen molar-refractivity contribution in [3.63, 3.8) is 0 Å². The highest BCUT2D eigenvalue weighted by atomic mass is 16.4. The Kier molecular flexibility index (Phi) is 7.77. The number of aromatic nitrogens is 6. The van der Waals surface area contributed by atoms with Crippen LogP contribution in [-0.4, -0.2) is 71.5 Å². The smallest absolute Gasteiger partial charge is 0.284 e. The number of nitrogens with zero attached hydrogens (tertiary/aromatic N) is 7. The number of β-amino-alcohol motifs (C(OH)–C–C–N with tert-alkyl or cyclic N) is 1. The second-order valence-corrected chi connectivity index (χ2v) is 11.6. The fourth-order valence-corrected chi connectivity index (χ4v) is 5.02. The summed E-state index contributed by atoms with van der Waals surface area (Å²) in [5.41, 5.74) is 4.51. The van der Waals surface area contributed by atoms with Gasteiger partial charge in [0.15, 0.2) is 0 Å². The molecule has 0 spiro atoms. The lowest BCUT2D eigenvalue weighted by Crippen LogP contribution is -2.34. The zero-order valence-corrected chi connectivity index (χ0v) is 23.6. The Balaban J connectivity index is 1.41. The van der Waals surface area contributed by atoms with Crippen LogP contribution in [0, 0.1) is 0 Å². The van der Waals surface area contributed by atoms with Crippen LogP contribution in [0.25, 0.3) is 11.3 Å². The summed E-state index contributed by atoms with van der Waals surface area (Å²) >= 11 is 0. The van der Waals surface area contributed by atoms with Crippen LogP contribution >= 0.6 is 0 Å². The second kappa shape index (κ2) is 11.3. The molecule has 1 unspecified atom stereocenters. The zero-order valence-electron chi connectivity index (χ0n) is 23.6. The van der Waals surface area contributed by atoms with Crippen LogP contribution in [-0.2, 0) is 18.9 Å². The van der Waals surface area contributed by atoms with E-state index in [4.69, 9.17) is 9.40 Å². The maximum atomic E-state index is 13.3. The first-order valence-electron chi connectivity index (χ1n) is 13.5. The van der Waals surface area contributed by atoms with Crippen molar-refractivity contribution in [2.75, 3.05) is 25.0 Å². The minimum Gasteiger partial charge on any atom is -0.418 e. The first kappa shape index (κ1) is 27.6. The van der Waals surface area contributed by atoms with E-state index < -0.39 is 6.10 Å². The fraction of sp³-hybridized carbons (Fsp3) is 0.448. The maximum absolute atomic E-state index is 13.3. The highest BCUT2D eigenvalue weighted by Gasteiger charge is 2.30. The molecule has 0 amide bonds. The van der Waals surface area contributed by atoms with Gasteiger partial charge in [-0.3, -0.25) is 14.4 Å². The zero-order chi connectivity index (χ0) is 28.4. The molecule has 1 aliphatic heterocycles. The van der Waals surface area contributed by atoms with Gasteiger partial charge in [0.25, 0.3) is 5.89 Å². The number of Topliss-reactive ketones (excluding diaryl/α,β-unsaturated/α-hetero) is 1. The number of benzene rings is 1. The van der Waals surface area contributed by atoms with E-state index in [0.717, 1.165) is 41.0 Å². The summed E-state index contributed by atoms with van der Waals surface area (Å²) in [6, 6.07) is 8.18. The van der Waals surface area contributed by atoms with E-state index in [9.17, 15) is 9.90 Å². The van der Waals surface area contributed by atoms with E-state index >= 15 is 0 Å². The van der Waals surface area contributed by atoms with Crippen LogP contribution in [0.3, 0.4) is 0 Å². The molecule has 3 aromatic heterocycles. The van der Waals surface area contributed by atoms with Crippen molar-refractivity contribution in [3.8, 4) is 11.3 Å². The van der Waals surface area contributed by atoms with Crippen LogP contribution in [0.4, 0.5) is 11.6 Å². The number of fused-ring (bicyclic) bond motifs is 1. The van der Waals surface area contributed by atoms with Crippen molar-refractivity contribution >= 4 is 17.4 Å². The van der Waals surface area contributed by atoms with Crippen LogP contribution in [0.1, 0.15) is 67.7 Å². The van der Waals surface area contributed by atoms with E-state index in [1.165, 1.54) is 0 Å². The first-order chi connectivity index (χ1) is 19.0. The highest BCUT2D eigenvalue weighted by Crippen LogP contribution is 2.33. The number of aryl methyl sites for hydroxylation is 1. The molecule has 210 valence electrons. The van der Waals surface area contributed by atoms with Crippen molar-refractivity contribution in [2.24, 2.45) is 7.05 Å². The molecule has 0 aliphatic carbocycles. The second-order valence-electron chi connectivity index (χ2n) is 11.6. The molecular weight excluding hydrogens is 508 g/mol. The van der Waals surface area contributed by atoms with Gasteiger partial charge in [-0.25, -0.2) is 9.97 Å². The van der Waals surface area contributed by atoms with E-state index in [-0.39, 0.29) is 29.4 Å². The van der Waals surface area contributed by atoms with Gasteiger partial charge in [-0.05, 0) is 36.6 Å². The summed E-state index contributed by atoms with van der Waals surface area (Å²) in [7, 11) is 1.85. The number of hydrogen-bond donors (Lipinski definition) is 2. The van der Waals surface area contributed by atoms with Crippen LogP contribution in [0.15, 0.2) is 47.3 Å². The molecule has 0 radical (unpaired) electrons. The Bertz CT molecular complexity index is 1490. The van der Waals surface area contributed by atoms with Gasteiger partial charge in [-0.1, -0.05) is 32.9 Å². The number of rotatable bonds is 8. The molecule has 11 heteroatoms. The molecule has 0 fully saturated rings. The topological polar surface area (TPSA) is 135 Å². The van der Waals surface area contributed by atoms with Crippen LogP contribution in [0.2, 0.25) is 0 Å². The Labute approximate surface area is 233 Å². The number of aliphatic hydroxyl groups excluding tert-OH is 1. The summed E-state index contributed by atoms with van der Waals surface area (Å²) in [5.74, 6) is 0.713. The number of hydrogen-bond acceptors (Lipinski definition) is 10. The quantitative estimate of drug-likeness (QED) is 0.314. The average molecular weight is 545 g/mol. The number of carbonyl (C=O) groups is 1. The largest absolute Gasteiger partial charge is 0.418 e. The number of anilines is 2. The lowest BCUT2D eigenvalue weighted by molar-refractivity contribution is 0.0917. The molecule has 4 heterocycles. The van der Waals surface area contributed by atoms with Gasteiger partial charge in [0.05, 0.1) is 23.7 Å². The Hall–Kier alpha value is -3.96. The summed E-state index contributed by atoms with van der Waals surface area (Å²) in [6.07, 6.45) is 5.87. The maximum Gasteiger partial charge on any atom is 0.284 e. The first-order valence-corrected chi connectivity index (χ1v) is 13.5. The third-order valence-electron chi connectivity index (χ3n) is 6.93. The molecule has 11 nitrogen and oxygen atoms in total. The summed E-state index contributed by atoms with van der Waals surface area (Å²) < 4.78 is 7.45. The number of aliphatic hydroxyl groups is 1. The van der Waals surface area contributed by atoms with Crippen LogP contribution in [0.5, 0.6) is 0 Å².